The Hall–Kier alpha value is -1.71. The zero-order valence-corrected chi connectivity index (χ0v) is 13.2. The Morgan fingerprint density at radius 2 is 1.86 bits per heavy atom. The summed E-state index contributed by atoms with van der Waals surface area (Å²) in [6, 6.07) is 18.6. The Balaban J connectivity index is 1.80. The monoisotopic (exact) mass is 314 g/mol. The summed E-state index contributed by atoms with van der Waals surface area (Å²) in [6.07, 6.45) is 0. The van der Waals surface area contributed by atoms with Gasteiger partial charge in [0.15, 0.2) is 0 Å². The van der Waals surface area contributed by atoms with Crippen LogP contribution in [0.4, 0.5) is 5.82 Å². The molecule has 1 N–H and O–H groups in total. The van der Waals surface area contributed by atoms with Crippen molar-refractivity contribution in [1.82, 2.24) is 4.98 Å². The second-order valence-electron chi connectivity index (χ2n) is 4.67. The number of thioether (sulfide) groups is 1. The maximum atomic E-state index is 6.21. The Kier molecular flexibility index (Phi) is 4.32. The Labute approximate surface area is 133 Å². The maximum absolute atomic E-state index is 6.21. The summed E-state index contributed by atoms with van der Waals surface area (Å²) in [6.45, 7) is 0. The highest BCUT2D eigenvalue weighted by Crippen LogP contribution is 2.28. The third kappa shape index (κ3) is 3.31. The van der Waals surface area contributed by atoms with Gasteiger partial charge in [0.2, 0.25) is 0 Å². The van der Waals surface area contributed by atoms with Gasteiger partial charge in [0.25, 0.3) is 0 Å². The number of hydrogen-bond donors (Lipinski definition) is 1. The summed E-state index contributed by atoms with van der Waals surface area (Å²) >= 11 is 7.96. The fourth-order valence-corrected chi connectivity index (χ4v) is 3.28. The van der Waals surface area contributed by atoms with Crippen molar-refractivity contribution in [2.45, 2.75) is 10.6 Å². The third-order valence-electron chi connectivity index (χ3n) is 3.27. The number of halogens is 1. The smallest absolute Gasteiger partial charge is 0.126 e. The molecule has 0 atom stereocenters. The molecule has 0 amide bonds. The topological polar surface area (TPSA) is 24.9 Å². The van der Waals surface area contributed by atoms with Crippen molar-refractivity contribution in [3.05, 3.63) is 65.3 Å². The van der Waals surface area contributed by atoms with E-state index in [1.165, 1.54) is 15.7 Å². The van der Waals surface area contributed by atoms with Gasteiger partial charge >= 0.3 is 0 Å². The van der Waals surface area contributed by atoms with Gasteiger partial charge in [-0.3, -0.25) is 0 Å². The van der Waals surface area contributed by atoms with Gasteiger partial charge in [-0.05, 0) is 35.0 Å². The van der Waals surface area contributed by atoms with Crippen LogP contribution >= 0.6 is 23.4 Å². The van der Waals surface area contributed by atoms with Crippen molar-refractivity contribution in [2.24, 2.45) is 0 Å². The molecule has 0 saturated carbocycles. The van der Waals surface area contributed by atoms with Crippen molar-refractivity contribution in [2.75, 3.05) is 12.4 Å². The van der Waals surface area contributed by atoms with Crippen LogP contribution in [0, 0.1) is 0 Å². The molecular weight excluding hydrogens is 300 g/mol. The molecule has 1 heterocycles. The zero-order chi connectivity index (χ0) is 14.7. The molecule has 3 aromatic rings. The second kappa shape index (κ2) is 6.37. The molecule has 0 unspecified atom stereocenters. The minimum absolute atomic E-state index is 0.710. The van der Waals surface area contributed by atoms with Crippen molar-refractivity contribution >= 4 is 40.0 Å². The molecule has 0 radical (unpaired) electrons. The number of anilines is 1. The lowest BCUT2D eigenvalue weighted by Gasteiger charge is -2.07. The summed E-state index contributed by atoms with van der Waals surface area (Å²) in [5.41, 5.74) is 0.904. The fourth-order valence-electron chi connectivity index (χ4n) is 2.13. The fraction of sp³-hybridized carbons (Fsp3) is 0.118. The van der Waals surface area contributed by atoms with Crippen LogP contribution in [0.5, 0.6) is 0 Å². The van der Waals surface area contributed by atoms with Crippen molar-refractivity contribution < 1.29 is 0 Å². The highest BCUT2D eigenvalue weighted by molar-refractivity contribution is 7.98. The average Bonchev–Trinajstić information content (AvgIpc) is 2.54. The van der Waals surface area contributed by atoms with Crippen LogP contribution in [0.15, 0.2) is 59.5 Å². The van der Waals surface area contributed by atoms with Crippen molar-refractivity contribution in [1.29, 1.82) is 0 Å². The molecule has 0 aliphatic rings. The Morgan fingerprint density at radius 3 is 2.67 bits per heavy atom. The first-order valence-electron chi connectivity index (χ1n) is 6.71. The molecule has 0 saturated heterocycles. The van der Waals surface area contributed by atoms with Gasteiger partial charge in [0, 0.05) is 17.7 Å². The Morgan fingerprint density at radius 1 is 1.05 bits per heavy atom. The van der Waals surface area contributed by atoms with Crippen molar-refractivity contribution in [3.8, 4) is 0 Å². The van der Waals surface area contributed by atoms with Crippen molar-refractivity contribution in [3.63, 3.8) is 0 Å². The lowest BCUT2D eigenvalue weighted by Crippen LogP contribution is -1.96. The van der Waals surface area contributed by atoms with E-state index in [0.29, 0.717) is 5.02 Å². The van der Waals surface area contributed by atoms with Crippen LogP contribution in [0.3, 0.4) is 0 Å². The van der Waals surface area contributed by atoms with E-state index in [1.807, 2.05) is 19.2 Å². The van der Waals surface area contributed by atoms with Crippen LogP contribution < -0.4 is 5.32 Å². The van der Waals surface area contributed by atoms with Crippen LogP contribution in [-0.4, -0.2) is 12.0 Å². The highest BCUT2D eigenvalue weighted by Gasteiger charge is 2.05. The number of rotatable bonds is 4. The van der Waals surface area contributed by atoms with Gasteiger partial charge in [0.05, 0.1) is 10.7 Å². The summed E-state index contributed by atoms with van der Waals surface area (Å²) in [5, 5.41) is 6.26. The van der Waals surface area contributed by atoms with Crippen LogP contribution in [-0.2, 0) is 5.75 Å². The summed E-state index contributed by atoms with van der Waals surface area (Å²) in [4.78, 5) is 5.73. The van der Waals surface area contributed by atoms with Gasteiger partial charge in [-0.25, -0.2) is 4.98 Å². The van der Waals surface area contributed by atoms with Crippen LogP contribution in [0.25, 0.3) is 10.8 Å². The first-order chi connectivity index (χ1) is 10.3. The van der Waals surface area contributed by atoms with E-state index in [0.717, 1.165) is 17.3 Å². The molecule has 21 heavy (non-hydrogen) atoms. The minimum atomic E-state index is 0.710. The molecule has 0 bridgehead atoms. The van der Waals surface area contributed by atoms with Gasteiger partial charge in [-0.2, -0.15) is 0 Å². The third-order valence-corrected chi connectivity index (χ3v) is 4.62. The maximum Gasteiger partial charge on any atom is 0.126 e. The predicted molar refractivity (Wildman–Crippen MR) is 92.3 cm³/mol. The molecule has 0 aliphatic heterocycles. The lowest BCUT2D eigenvalue weighted by atomic mass is 10.1. The minimum Gasteiger partial charge on any atom is -0.373 e. The van der Waals surface area contributed by atoms with Gasteiger partial charge < -0.3 is 5.32 Å². The SMILES string of the molecule is CNc1ccc(Cl)c(CSc2ccc3ccccc3c2)n1. The number of nitrogens with zero attached hydrogens (tertiary/aromatic N) is 1. The molecule has 2 aromatic carbocycles. The first kappa shape index (κ1) is 14.2. The largest absolute Gasteiger partial charge is 0.373 e. The molecule has 2 nitrogen and oxygen atoms in total. The molecule has 3 rings (SSSR count). The van der Waals surface area contributed by atoms with Gasteiger partial charge in [-0.15, -0.1) is 11.8 Å². The molecule has 0 spiro atoms. The zero-order valence-electron chi connectivity index (χ0n) is 11.6. The van der Waals surface area contributed by atoms with Crippen LogP contribution in [0.1, 0.15) is 5.69 Å². The quantitative estimate of drug-likeness (QED) is 0.668. The van der Waals surface area contributed by atoms with E-state index >= 15 is 0 Å². The first-order valence-corrected chi connectivity index (χ1v) is 8.07. The molecule has 4 heteroatoms. The molecular formula is C17H15ClN2S. The summed E-state index contributed by atoms with van der Waals surface area (Å²) < 4.78 is 0. The summed E-state index contributed by atoms with van der Waals surface area (Å²) in [7, 11) is 1.86. The summed E-state index contributed by atoms with van der Waals surface area (Å²) in [5.74, 6) is 1.60. The van der Waals surface area contributed by atoms with Gasteiger partial charge in [-0.1, -0.05) is 41.9 Å². The molecule has 0 aliphatic carbocycles. The number of aromatic nitrogens is 1. The predicted octanol–water partition coefficient (Wildman–Crippen LogP) is 5.22. The average molecular weight is 315 g/mol. The number of benzene rings is 2. The van der Waals surface area contributed by atoms with E-state index < -0.39 is 0 Å². The normalized spacial score (nSPS) is 10.8. The van der Waals surface area contributed by atoms with E-state index in [4.69, 9.17) is 11.6 Å². The molecule has 1 aromatic heterocycles. The van der Waals surface area contributed by atoms with E-state index in [2.05, 4.69) is 52.8 Å². The number of fused-ring (bicyclic) bond motifs is 1. The second-order valence-corrected chi connectivity index (χ2v) is 6.13. The molecule has 0 fully saturated rings. The lowest BCUT2D eigenvalue weighted by molar-refractivity contribution is 1.16. The number of pyridine rings is 1. The standard InChI is InChI=1S/C17H15ClN2S/c1-19-17-9-8-15(18)16(20-17)11-21-14-7-6-12-4-2-3-5-13(12)10-14/h2-10H,11H2,1H3,(H,19,20). The Bertz CT molecular complexity index is 774. The van der Waals surface area contributed by atoms with Gasteiger partial charge in [0.1, 0.15) is 5.82 Å². The number of hydrogen-bond acceptors (Lipinski definition) is 3. The number of nitrogens with one attached hydrogen (secondary N) is 1. The highest BCUT2D eigenvalue weighted by atomic mass is 35.5. The van der Waals surface area contributed by atoms with Crippen LogP contribution in [0.2, 0.25) is 5.02 Å². The van der Waals surface area contributed by atoms with E-state index in [9.17, 15) is 0 Å². The van der Waals surface area contributed by atoms with E-state index in [-0.39, 0.29) is 0 Å². The molecule has 106 valence electrons. The van der Waals surface area contributed by atoms with E-state index in [1.54, 1.807) is 11.8 Å².